The zero-order chi connectivity index (χ0) is 16.9. The van der Waals surface area contributed by atoms with Gasteiger partial charge < -0.3 is 15.0 Å². The van der Waals surface area contributed by atoms with Crippen LogP contribution in [0.1, 0.15) is 37.2 Å². The molecule has 6 nitrogen and oxygen atoms in total. The number of carbonyl (C=O) groups excluding carboxylic acids is 1. The van der Waals surface area contributed by atoms with Gasteiger partial charge in [0.15, 0.2) is 11.5 Å². The Labute approximate surface area is 141 Å². The molecule has 1 saturated heterocycles. The summed E-state index contributed by atoms with van der Waals surface area (Å²) in [6.07, 6.45) is 2.48. The van der Waals surface area contributed by atoms with E-state index in [0.29, 0.717) is 11.4 Å². The number of ether oxygens (including phenoxy) is 1. The van der Waals surface area contributed by atoms with E-state index in [2.05, 4.69) is 20.4 Å². The van der Waals surface area contributed by atoms with E-state index >= 15 is 0 Å². The second-order valence-corrected chi connectivity index (χ2v) is 6.12. The van der Waals surface area contributed by atoms with Crippen molar-refractivity contribution in [1.82, 2.24) is 10.2 Å². The fraction of sp³-hybridized carbons (Fsp3) is 0.389. The Morgan fingerprint density at radius 1 is 1.08 bits per heavy atom. The van der Waals surface area contributed by atoms with E-state index in [4.69, 9.17) is 4.74 Å². The van der Waals surface area contributed by atoms with Crippen LogP contribution in [0.15, 0.2) is 36.4 Å². The molecule has 0 radical (unpaired) electrons. The summed E-state index contributed by atoms with van der Waals surface area (Å²) in [4.78, 5) is 14.4. The molecule has 126 valence electrons. The Bertz CT molecular complexity index is 677. The third-order valence-corrected chi connectivity index (χ3v) is 3.80. The van der Waals surface area contributed by atoms with Gasteiger partial charge in [0, 0.05) is 18.8 Å². The molecule has 1 aromatic heterocycles. The minimum atomic E-state index is -0.270. The highest BCUT2D eigenvalue weighted by Gasteiger charge is 2.15. The lowest BCUT2D eigenvalue weighted by Gasteiger charge is -2.15. The van der Waals surface area contributed by atoms with Gasteiger partial charge in [-0.15, -0.1) is 10.2 Å². The van der Waals surface area contributed by atoms with Crippen molar-refractivity contribution < 1.29 is 9.53 Å². The van der Waals surface area contributed by atoms with Crippen molar-refractivity contribution in [2.75, 3.05) is 23.3 Å². The fourth-order valence-corrected chi connectivity index (χ4v) is 2.65. The summed E-state index contributed by atoms with van der Waals surface area (Å²) in [6, 6.07) is 10.8. The molecular weight excluding hydrogens is 304 g/mol. The topological polar surface area (TPSA) is 67.3 Å². The predicted molar refractivity (Wildman–Crippen MR) is 93.6 cm³/mol. The molecule has 3 rings (SSSR count). The molecule has 0 unspecified atom stereocenters. The number of rotatable bonds is 5. The first-order valence-corrected chi connectivity index (χ1v) is 8.28. The second kappa shape index (κ2) is 7.29. The van der Waals surface area contributed by atoms with E-state index in [1.54, 1.807) is 6.07 Å². The van der Waals surface area contributed by atoms with Crippen molar-refractivity contribution in [3.8, 4) is 5.75 Å². The smallest absolute Gasteiger partial charge is 0.276 e. The average Bonchev–Trinajstić information content (AvgIpc) is 3.11. The third kappa shape index (κ3) is 4.01. The lowest BCUT2D eigenvalue weighted by atomic mass is 10.2. The molecule has 0 spiro atoms. The Kier molecular flexibility index (Phi) is 4.93. The quantitative estimate of drug-likeness (QED) is 0.914. The molecule has 6 heteroatoms. The van der Waals surface area contributed by atoms with E-state index < -0.39 is 0 Å². The van der Waals surface area contributed by atoms with Gasteiger partial charge in [0.25, 0.3) is 5.91 Å². The van der Waals surface area contributed by atoms with Crippen LogP contribution in [0.3, 0.4) is 0 Å². The zero-order valence-corrected chi connectivity index (χ0v) is 14.0. The van der Waals surface area contributed by atoms with E-state index in [1.807, 2.05) is 44.2 Å². The van der Waals surface area contributed by atoms with Gasteiger partial charge in [-0.2, -0.15) is 0 Å². The Morgan fingerprint density at radius 3 is 2.38 bits per heavy atom. The molecular formula is C18H22N4O2. The molecule has 1 aliphatic rings. The highest BCUT2D eigenvalue weighted by molar-refractivity contribution is 6.02. The van der Waals surface area contributed by atoms with Crippen LogP contribution in [0.5, 0.6) is 5.75 Å². The van der Waals surface area contributed by atoms with Crippen LogP contribution in [-0.4, -0.2) is 35.3 Å². The van der Waals surface area contributed by atoms with Gasteiger partial charge in [-0.25, -0.2) is 0 Å². The lowest BCUT2D eigenvalue weighted by Crippen LogP contribution is -2.21. The van der Waals surface area contributed by atoms with Gasteiger partial charge in [0.2, 0.25) is 0 Å². The van der Waals surface area contributed by atoms with Gasteiger partial charge in [0.1, 0.15) is 5.75 Å². The molecule has 2 heterocycles. The Balaban J connectivity index is 1.61. The van der Waals surface area contributed by atoms with E-state index in [0.717, 1.165) is 24.7 Å². The van der Waals surface area contributed by atoms with Crippen LogP contribution in [0.2, 0.25) is 0 Å². The Hall–Kier alpha value is -2.63. The number of nitrogens with zero attached hydrogens (tertiary/aromatic N) is 3. The van der Waals surface area contributed by atoms with Crippen molar-refractivity contribution in [2.45, 2.75) is 32.8 Å². The van der Waals surface area contributed by atoms with Gasteiger partial charge in [-0.3, -0.25) is 4.79 Å². The molecule has 2 aromatic rings. The van der Waals surface area contributed by atoms with Crippen molar-refractivity contribution in [1.29, 1.82) is 0 Å². The van der Waals surface area contributed by atoms with Crippen molar-refractivity contribution in [3.63, 3.8) is 0 Å². The number of aromatic nitrogens is 2. The first-order chi connectivity index (χ1) is 11.6. The van der Waals surface area contributed by atoms with Crippen LogP contribution in [-0.2, 0) is 0 Å². The van der Waals surface area contributed by atoms with Crippen LogP contribution in [0, 0.1) is 0 Å². The van der Waals surface area contributed by atoms with Crippen LogP contribution in [0.4, 0.5) is 11.5 Å². The highest BCUT2D eigenvalue weighted by atomic mass is 16.5. The van der Waals surface area contributed by atoms with Crippen LogP contribution >= 0.6 is 0 Å². The summed E-state index contributed by atoms with van der Waals surface area (Å²) in [7, 11) is 0. The number of amides is 1. The van der Waals surface area contributed by atoms with Crippen LogP contribution in [0.25, 0.3) is 0 Å². The largest absolute Gasteiger partial charge is 0.491 e. The maximum Gasteiger partial charge on any atom is 0.276 e. The first kappa shape index (κ1) is 16.2. The number of hydrogen-bond acceptors (Lipinski definition) is 5. The van der Waals surface area contributed by atoms with Crippen LogP contribution < -0.4 is 15.0 Å². The molecule has 1 N–H and O–H groups in total. The van der Waals surface area contributed by atoms with Crippen molar-refractivity contribution in [2.24, 2.45) is 0 Å². The minimum Gasteiger partial charge on any atom is -0.491 e. The Morgan fingerprint density at radius 2 is 1.79 bits per heavy atom. The van der Waals surface area contributed by atoms with E-state index in [9.17, 15) is 4.79 Å². The number of benzene rings is 1. The highest BCUT2D eigenvalue weighted by Crippen LogP contribution is 2.19. The lowest BCUT2D eigenvalue weighted by molar-refractivity contribution is 0.102. The summed E-state index contributed by atoms with van der Waals surface area (Å²) >= 11 is 0. The molecule has 1 aromatic carbocycles. The van der Waals surface area contributed by atoms with Gasteiger partial charge in [0.05, 0.1) is 6.10 Å². The zero-order valence-electron chi connectivity index (χ0n) is 14.0. The van der Waals surface area contributed by atoms with Gasteiger partial charge in [-0.05, 0) is 63.1 Å². The third-order valence-electron chi connectivity index (χ3n) is 3.80. The van der Waals surface area contributed by atoms with E-state index in [-0.39, 0.29) is 12.0 Å². The predicted octanol–water partition coefficient (Wildman–Crippen LogP) is 3.12. The molecule has 0 aliphatic carbocycles. The summed E-state index contributed by atoms with van der Waals surface area (Å²) < 4.78 is 5.58. The SMILES string of the molecule is CC(C)Oc1ccc(NC(=O)c2ccc(N3CCCC3)nn2)cc1. The molecule has 1 amide bonds. The first-order valence-electron chi connectivity index (χ1n) is 8.28. The minimum absolute atomic E-state index is 0.120. The molecule has 0 bridgehead atoms. The fourth-order valence-electron chi connectivity index (χ4n) is 2.65. The van der Waals surface area contributed by atoms with Crippen molar-refractivity contribution >= 4 is 17.4 Å². The van der Waals surface area contributed by atoms with E-state index in [1.165, 1.54) is 12.8 Å². The molecule has 24 heavy (non-hydrogen) atoms. The summed E-state index contributed by atoms with van der Waals surface area (Å²) in [5, 5.41) is 11.0. The molecule has 1 fully saturated rings. The number of nitrogens with one attached hydrogen (secondary N) is 1. The maximum absolute atomic E-state index is 12.3. The molecule has 0 saturated carbocycles. The average molecular weight is 326 g/mol. The normalized spacial score (nSPS) is 14.0. The van der Waals surface area contributed by atoms with Gasteiger partial charge in [-0.1, -0.05) is 0 Å². The standard InChI is InChI=1S/C18H22N4O2/c1-13(2)24-15-7-5-14(6-8-15)19-18(23)16-9-10-17(21-20-16)22-11-3-4-12-22/h5-10,13H,3-4,11-12H2,1-2H3,(H,19,23). The number of carbonyl (C=O) groups is 1. The summed E-state index contributed by atoms with van der Waals surface area (Å²) in [5.41, 5.74) is 1.00. The monoisotopic (exact) mass is 326 g/mol. The van der Waals surface area contributed by atoms with Crippen molar-refractivity contribution in [3.05, 3.63) is 42.1 Å². The van der Waals surface area contributed by atoms with Gasteiger partial charge >= 0.3 is 0 Å². The summed E-state index contributed by atoms with van der Waals surface area (Å²) in [6.45, 7) is 5.95. The maximum atomic E-state index is 12.3. The number of hydrogen-bond donors (Lipinski definition) is 1. The number of anilines is 2. The molecule has 1 aliphatic heterocycles. The second-order valence-electron chi connectivity index (χ2n) is 6.12. The summed E-state index contributed by atoms with van der Waals surface area (Å²) in [5.74, 6) is 1.34. The molecule has 0 atom stereocenters.